The van der Waals surface area contributed by atoms with Crippen molar-refractivity contribution in [2.75, 3.05) is 34.5 Å². The van der Waals surface area contributed by atoms with E-state index in [0.29, 0.717) is 58.9 Å². The van der Waals surface area contributed by atoms with E-state index in [1.54, 1.807) is 35.2 Å². The standard InChI is InChI=1S/C26H28BrNO7/c1-14(2)34-10-6-9-28-22(15-11-19(31-3)24(33-5)20(12-15)32-4)21-23(29)17-13-16(27)7-8-18(17)35-25(21)26(28)30/h7-8,11-14,22H,6,9-10H2,1-5H3. The van der Waals surface area contributed by atoms with Crippen LogP contribution in [-0.2, 0) is 4.74 Å². The van der Waals surface area contributed by atoms with Crippen molar-refractivity contribution in [3.63, 3.8) is 0 Å². The zero-order valence-electron chi connectivity index (χ0n) is 20.3. The summed E-state index contributed by atoms with van der Waals surface area (Å²) in [5.41, 5.74) is 1.05. The van der Waals surface area contributed by atoms with Gasteiger partial charge in [-0.1, -0.05) is 15.9 Å². The molecule has 0 spiro atoms. The Morgan fingerprint density at radius 2 is 1.71 bits per heavy atom. The monoisotopic (exact) mass is 545 g/mol. The molecule has 4 rings (SSSR count). The van der Waals surface area contributed by atoms with E-state index in [0.717, 1.165) is 4.47 Å². The minimum Gasteiger partial charge on any atom is -0.493 e. The highest BCUT2D eigenvalue weighted by atomic mass is 79.9. The first-order chi connectivity index (χ1) is 16.8. The molecule has 0 N–H and O–H groups in total. The number of methoxy groups -OCH3 is 3. The van der Waals surface area contributed by atoms with Crippen LogP contribution >= 0.6 is 15.9 Å². The number of fused-ring (bicyclic) bond motifs is 2. The summed E-state index contributed by atoms with van der Waals surface area (Å²) in [7, 11) is 4.57. The lowest BCUT2D eigenvalue weighted by Crippen LogP contribution is -2.31. The lowest BCUT2D eigenvalue weighted by molar-refractivity contribution is 0.0593. The van der Waals surface area contributed by atoms with Crippen molar-refractivity contribution < 1.29 is 28.2 Å². The van der Waals surface area contributed by atoms with Gasteiger partial charge in [0.15, 0.2) is 16.9 Å². The summed E-state index contributed by atoms with van der Waals surface area (Å²) in [6.45, 7) is 4.77. The van der Waals surface area contributed by atoms with Crippen molar-refractivity contribution in [1.29, 1.82) is 0 Å². The molecule has 0 bridgehead atoms. The van der Waals surface area contributed by atoms with Crippen molar-refractivity contribution in [2.45, 2.75) is 32.4 Å². The Hall–Kier alpha value is -3.04. The zero-order valence-corrected chi connectivity index (χ0v) is 21.9. The number of carbonyl (C=O) groups excluding carboxylic acids is 1. The van der Waals surface area contributed by atoms with E-state index in [4.69, 9.17) is 23.4 Å². The quantitative estimate of drug-likeness (QED) is 0.352. The van der Waals surface area contributed by atoms with Gasteiger partial charge in [-0.05, 0) is 56.2 Å². The Labute approximate surface area is 211 Å². The minimum absolute atomic E-state index is 0.0494. The van der Waals surface area contributed by atoms with Crippen LogP contribution in [0.25, 0.3) is 11.0 Å². The van der Waals surface area contributed by atoms with E-state index in [9.17, 15) is 9.59 Å². The van der Waals surface area contributed by atoms with Crippen LogP contribution in [0.1, 0.15) is 48.0 Å². The zero-order chi connectivity index (χ0) is 25.3. The van der Waals surface area contributed by atoms with Gasteiger partial charge in [0.1, 0.15) is 5.58 Å². The van der Waals surface area contributed by atoms with Crippen molar-refractivity contribution in [1.82, 2.24) is 4.90 Å². The van der Waals surface area contributed by atoms with Gasteiger partial charge in [0.2, 0.25) is 11.5 Å². The number of ether oxygens (including phenoxy) is 4. The van der Waals surface area contributed by atoms with Gasteiger partial charge in [-0.3, -0.25) is 9.59 Å². The molecular formula is C26H28BrNO7. The summed E-state index contributed by atoms with van der Waals surface area (Å²) in [5.74, 6) is 0.991. The van der Waals surface area contributed by atoms with Crippen LogP contribution in [0.3, 0.4) is 0 Å². The van der Waals surface area contributed by atoms with Gasteiger partial charge in [-0.15, -0.1) is 0 Å². The summed E-state index contributed by atoms with van der Waals surface area (Å²) in [5, 5.41) is 0.397. The average Bonchev–Trinajstić information content (AvgIpc) is 3.12. The Balaban J connectivity index is 1.90. The minimum atomic E-state index is -0.690. The van der Waals surface area contributed by atoms with Crippen molar-refractivity contribution in [3.05, 3.63) is 61.9 Å². The summed E-state index contributed by atoms with van der Waals surface area (Å²) >= 11 is 3.42. The maximum Gasteiger partial charge on any atom is 0.290 e. The van der Waals surface area contributed by atoms with Crippen LogP contribution in [0.4, 0.5) is 0 Å². The summed E-state index contributed by atoms with van der Waals surface area (Å²) < 4.78 is 28.9. The van der Waals surface area contributed by atoms with Gasteiger partial charge in [0.25, 0.3) is 5.91 Å². The number of amides is 1. The fraction of sp³-hybridized carbons (Fsp3) is 0.385. The molecule has 0 saturated heterocycles. The molecule has 186 valence electrons. The second kappa shape index (κ2) is 10.3. The molecule has 35 heavy (non-hydrogen) atoms. The van der Waals surface area contributed by atoms with Gasteiger partial charge < -0.3 is 28.3 Å². The topological polar surface area (TPSA) is 87.4 Å². The van der Waals surface area contributed by atoms with E-state index in [1.807, 2.05) is 13.8 Å². The van der Waals surface area contributed by atoms with E-state index < -0.39 is 6.04 Å². The molecule has 2 heterocycles. The Morgan fingerprint density at radius 3 is 2.31 bits per heavy atom. The molecule has 3 aromatic rings. The first-order valence-corrected chi connectivity index (χ1v) is 12.1. The van der Waals surface area contributed by atoms with Crippen LogP contribution in [0.5, 0.6) is 17.2 Å². The number of rotatable bonds is 9. The maximum atomic E-state index is 13.7. The van der Waals surface area contributed by atoms with Gasteiger partial charge in [-0.2, -0.15) is 0 Å². The summed E-state index contributed by atoms with van der Waals surface area (Å²) in [4.78, 5) is 28.9. The number of hydrogen-bond acceptors (Lipinski definition) is 7. The molecule has 1 aliphatic heterocycles. The molecular weight excluding hydrogens is 518 g/mol. The van der Waals surface area contributed by atoms with E-state index in [-0.39, 0.29) is 23.2 Å². The lowest BCUT2D eigenvalue weighted by Gasteiger charge is -2.26. The predicted molar refractivity (Wildman–Crippen MR) is 135 cm³/mol. The normalized spacial score (nSPS) is 15.1. The second-order valence-electron chi connectivity index (χ2n) is 8.45. The lowest BCUT2D eigenvalue weighted by atomic mass is 9.97. The Kier molecular flexibility index (Phi) is 7.37. The fourth-order valence-electron chi connectivity index (χ4n) is 4.38. The van der Waals surface area contributed by atoms with Gasteiger partial charge in [0.05, 0.1) is 44.4 Å². The smallest absolute Gasteiger partial charge is 0.290 e. The van der Waals surface area contributed by atoms with Crippen LogP contribution in [0, 0.1) is 0 Å². The third kappa shape index (κ3) is 4.62. The highest BCUT2D eigenvalue weighted by Crippen LogP contribution is 2.45. The molecule has 8 nitrogen and oxygen atoms in total. The third-order valence-corrected chi connectivity index (χ3v) is 6.42. The number of nitrogens with zero attached hydrogens (tertiary/aromatic N) is 1. The van der Waals surface area contributed by atoms with Crippen LogP contribution in [-0.4, -0.2) is 51.4 Å². The molecule has 1 amide bonds. The average molecular weight is 546 g/mol. The molecule has 0 saturated carbocycles. The van der Waals surface area contributed by atoms with E-state index in [2.05, 4.69) is 15.9 Å². The van der Waals surface area contributed by atoms with E-state index in [1.165, 1.54) is 21.3 Å². The molecule has 1 aromatic heterocycles. The van der Waals surface area contributed by atoms with E-state index >= 15 is 0 Å². The van der Waals surface area contributed by atoms with Crippen LogP contribution in [0.2, 0.25) is 0 Å². The van der Waals surface area contributed by atoms with Crippen molar-refractivity contribution in [2.24, 2.45) is 0 Å². The predicted octanol–water partition coefficient (Wildman–Crippen LogP) is 4.94. The highest BCUT2D eigenvalue weighted by molar-refractivity contribution is 9.10. The molecule has 0 fully saturated rings. The SMILES string of the molecule is COc1cc(C2c3c(oc4ccc(Br)cc4c3=O)C(=O)N2CCCOC(C)C)cc(OC)c1OC. The van der Waals surface area contributed by atoms with Gasteiger partial charge in [-0.25, -0.2) is 0 Å². The molecule has 9 heteroatoms. The number of benzene rings is 2. The Morgan fingerprint density at radius 1 is 1.03 bits per heavy atom. The second-order valence-corrected chi connectivity index (χ2v) is 9.36. The largest absolute Gasteiger partial charge is 0.493 e. The molecule has 0 radical (unpaired) electrons. The summed E-state index contributed by atoms with van der Waals surface area (Å²) in [6, 6.07) is 7.99. The molecule has 2 aromatic carbocycles. The third-order valence-electron chi connectivity index (χ3n) is 5.93. The molecule has 1 atom stereocenters. The number of hydrogen-bond donors (Lipinski definition) is 0. The molecule has 1 unspecified atom stereocenters. The first kappa shape index (κ1) is 25.1. The fourth-order valence-corrected chi connectivity index (χ4v) is 4.74. The van der Waals surface area contributed by atoms with Gasteiger partial charge in [0, 0.05) is 17.6 Å². The molecule has 1 aliphatic rings. The maximum absolute atomic E-state index is 13.7. The Bertz CT molecular complexity index is 1290. The number of halogens is 1. The van der Waals surface area contributed by atoms with Crippen LogP contribution < -0.4 is 19.6 Å². The first-order valence-electron chi connectivity index (χ1n) is 11.3. The number of carbonyl (C=O) groups is 1. The molecule has 0 aliphatic carbocycles. The summed E-state index contributed by atoms with van der Waals surface area (Å²) in [6.07, 6.45) is 0.678. The highest BCUT2D eigenvalue weighted by Gasteiger charge is 2.43. The van der Waals surface area contributed by atoms with Gasteiger partial charge >= 0.3 is 0 Å². The van der Waals surface area contributed by atoms with Crippen molar-refractivity contribution >= 4 is 32.8 Å². The van der Waals surface area contributed by atoms with Crippen molar-refractivity contribution in [3.8, 4) is 17.2 Å². The van der Waals surface area contributed by atoms with Crippen LogP contribution in [0.15, 0.2) is 44.0 Å².